The van der Waals surface area contributed by atoms with E-state index in [1.54, 1.807) is 0 Å². The van der Waals surface area contributed by atoms with Gasteiger partial charge in [-0.15, -0.1) is 0 Å². The average Bonchev–Trinajstić information content (AvgIpc) is 2.98. The number of nitrogens with zero attached hydrogens (tertiary/aromatic N) is 5. The number of aliphatic imine (C=N–C) groups is 1. The first kappa shape index (κ1) is 22.1. The molecule has 0 bridgehead atoms. The van der Waals surface area contributed by atoms with E-state index in [1.165, 1.54) is 38.8 Å². The van der Waals surface area contributed by atoms with Crippen LogP contribution in [0, 0.1) is 5.92 Å². The summed E-state index contributed by atoms with van der Waals surface area (Å²) in [5.74, 6) is 1.62. The van der Waals surface area contributed by atoms with Gasteiger partial charge in [0.25, 0.3) is 0 Å². The molecule has 7 heteroatoms. The van der Waals surface area contributed by atoms with Crippen molar-refractivity contribution in [1.82, 2.24) is 24.9 Å². The summed E-state index contributed by atoms with van der Waals surface area (Å²) in [5, 5.41) is 7.82. The molecule has 164 valence electrons. The minimum Gasteiger partial charge on any atom is -0.370 e. The molecule has 0 aliphatic carbocycles. The van der Waals surface area contributed by atoms with Gasteiger partial charge in [0.05, 0.1) is 25.9 Å². The third kappa shape index (κ3) is 6.19. The Labute approximate surface area is 176 Å². The van der Waals surface area contributed by atoms with Crippen LogP contribution in [0.3, 0.4) is 0 Å². The average molecular weight is 405 g/mol. The molecule has 0 radical (unpaired) electrons. The quantitative estimate of drug-likeness (QED) is 0.583. The largest absolute Gasteiger partial charge is 0.370 e. The maximum Gasteiger partial charge on any atom is 0.194 e. The van der Waals surface area contributed by atoms with Crippen LogP contribution in [0.1, 0.15) is 58.1 Å². The highest BCUT2D eigenvalue weighted by Crippen LogP contribution is 2.22. The molecule has 0 saturated carbocycles. The lowest BCUT2D eigenvalue weighted by Crippen LogP contribution is -2.49. The van der Waals surface area contributed by atoms with Crippen molar-refractivity contribution in [3.8, 4) is 0 Å². The van der Waals surface area contributed by atoms with E-state index in [4.69, 9.17) is 9.73 Å². The molecule has 2 aliphatic heterocycles. The summed E-state index contributed by atoms with van der Waals surface area (Å²) in [6, 6.07) is 0.511. The normalized spacial score (nSPS) is 23.3. The SMILES string of the molecule is CCNC(=NCC(C(C)C)N1CCCCCC1)N1CCOC(c2cnn(C)c2)C1. The summed E-state index contributed by atoms with van der Waals surface area (Å²) in [4.78, 5) is 10.1. The number of ether oxygens (including phenoxy) is 1. The van der Waals surface area contributed by atoms with Gasteiger partial charge in [0.15, 0.2) is 5.96 Å². The monoisotopic (exact) mass is 404 g/mol. The van der Waals surface area contributed by atoms with Crippen molar-refractivity contribution in [3.63, 3.8) is 0 Å². The second-order valence-electron chi connectivity index (χ2n) is 8.71. The van der Waals surface area contributed by atoms with Crippen LogP contribution >= 0.6 is 0 Å². The molecule has 1 aromatic heterocycles. The molecule has 0 spiro atoms. The van der Waals surface area contributed by atoms with Gasteiger partial charge in [0.1, 0.15) is 6.10 Å². The van der Waals surface area contributed by atoms with E-state index in [-0.39, 0.29) is 6.10 Å². The third-order valence-corrected chi connectivity index (χ3v) is 6.10. The van der Waals surface area contributed by atoms with Crippen LogP contribution in [0.5, 0.6) is 0 Å². The van der Waals surface area contributed by atoms with Crippen molar-refractivity contribution >= 4 is 5.96 Å². The van der Waals surface area contributed by atoms with Crippen LogP contribution in [0.15, 0.2) is 17.4 Å². The summed E-state index contributed by atoms with van der Waals surface area (Å²) in [7, 11) is 1.95. The smallest absolute Gasteiger partial charge is 0.194 e. The molecule has 2 unspecified atom stereocenters. The molecular weight excluding hydrogens is 364 g/mol. The molecule has 1 aromatic rings. The van der Waals surface area contributed by atoms with Gasteiger partial charge in [-0.25, -0.2) is 0 Å². The molecule has 1 N–H and O–H groups in total. The summed E-state index contributed by atoms with van der Waals surface area (Å²) in [5.41, 5.74) is 1.14. The molecule has 3 heterocycles. The Morgan fingerprint density at radius 2 is 2.00 bits per heavy atom. The Kier molecular flexibility index (Phi) is 8.36. The first-order valence-corrected chi connectivity index (χ1v) is 11.5. The van der Waals surface area contributed by atoms with Gasteiger partial charge in [-0.1, -0.05) is 26.7 Å². The molecule has 0 amide bonds. The van der Waals surface area contributed by atoms with Crippen LogP contribution in [0.2, 0.25) is 0 Å². The molecule has 2 fully saturated rings. The summed E-state index contributed by atoms with van der Waals surface area (Å²) in [6.45, 7) is 13.4. The van der Waals surface area contributed by atoms with Crippen LogP contribution in [0.25, 0.3) is 0 Å². The van der Waals surface area contributed by atoms with Crippen molar-refractivity contribution in [2.75, 3.05) is 45.9 Å². The zero-order valence-corrected chi connectivity index (χ0v) is 18.8. The number of hydrogen-bond donors (Lipinski definition) is 1. The van der Waals surface area contributed by atoms with Crippen LogP contribution in [0.4, 0.5) is 0 Å². The van der Waals surface area contributed by atoms with Gasteiger partial charge in [-0.2, -0.15) is 5.10 Å². The first-order chi connectivity index (χ1) is 14.1. The maximum absolute atomic E-state index is 6.02. The third-order valence-electron chi connectivity index (χ3n) is 6.10. The Hall–Kier alpha value is -1.60. The lowest BCUT2D eigenvalue weighted by molar-refractivity contribution is -0.00810. The van der Waals surface area contributed by atoms with Crippen LogP contribution in [-0.2, 0) is 11.8 Å². The van der Waals surface area contributed by atoms with Crippen molar-refractivity contribution in [3.05, 3.63) is 18.0 Å². The van der Waals surface area contributed by atoms with Gasteiger partial charge in [-0.05, 0) is 38.8 Å². The van der Waals surface area contributed by atoms with Crippen molar-refractivity contribution in [2.24, 2.45) is 18.0 Å². The predicted octanol–water partition coefficient (Wildman–Crippen LogP) is 2.66. The molecule has 2 saturated heterocycles. The summed E-state index contributed by atoms with van der Waals surface area (Å²) in [6.07, 6.45) is 9.39. The minimum absolute atomic E-state index is 0.0489. The predicted molar refractivity (Wildman–Crippen MR) is 118 cm³/mol. The van der Waals surface area contributed by atoms with Gasteiger partial charge in [0, 0.05) is 37.9 Å². The fourth-order valence-corrected chi connectivity index (χ4v) is 4.43. The molecule has 2 atom stereocenters. The maximum atomic E-state index is 6.02. The fraction of sp³-hybridized carbons (Fsp3) is 0.818. The highest BCUT2D eigenvalue weighted by atomic mass is 16.5. The van der Waals surface area contributed by atoms with Gasteiger partial charge < -0.3 is 15.0 Å². The lowest BCUT2D eigenvalue weighted by atomic mass is 10.0. The Bertz CT molecular complexity index is 635. The zero-order valence-electron chi connectivity index (χ0n) is 18.8. The van der Waals surface area contributed by atoms with Gasteiger partial charge >= 0.3 is 0 Å². The first-order valence-electron chi connectivity index (χ1n) is 11.5. The van der Waals surface area contributed by atoms with E-state index >= 15 is 0 Å². The lowest BCUT2D eigenvalue weighted by Gasteiger charge is -2.36. The molecule has 7 nitrogen and oxygen atoms in total. The van der Waals surface area contributed by atoms with Gasteiger partial charge in [-0.3, -0.25) is 14.6 Å². The van der Waals surface area contributed by atoms with Crippen LogP contribution in [-0.4, -0.2) is 77.5 Å². The van der Waals surface area contributed by atoms with Crippen molar-refractivity contribution in [2.45, 2.75) is 58.6 Å². The second kappa shape index (κ2) is 11.0. The van der Waals surface area contributed by atoms with E-state index in [9.17, 15) is 0 Å². The Morgan fingerprint density at radius 1 is 1.24 bits per heavy atom. The van der Waals surface area contributed by atoms with Crippen molar-refractivity contribution < 1.29 is 4.74 Å². The fourth-order valence-electron chi connectivity index (χ4n) is 4.43. The highest BCUT2D eigenvalue weighted by molar-refractivity contribution is 5.80. The molecule has 3 rings (SSSR count). The number of guanidine groups is 1. The van der Waals surface area contributed by atoms with Gasteiger partial charge in [0.2, 0.25) is 0 Å². The van der Waals surface area contributed by atoms with E-state index < -0.39 is 0 Å². The van der Waals surface area contributed by atoms with E-state index in [0.717, 1.165) is 37.7 Å². The molecule has 29 heavy (non-hydrogen) atoms. The summed E-state index contributed by atoms with van der Waals surface area (Å²) < 4.78 is 7.86. The van der Waals surface area contributed by atoms with Crippen LogP contribution < -0.4 is 5.32 Å². The number of aromatic nitrogens is 2. The van der Waals surface area contributed by atoms with E-state index in [2.05, 4.69) is 41.0 Å². The zero-order chi connectivity index (χ0) is 20.6. The number of rotatable bonds is 6. The Balaban J connectivity index is 1.68. The molecular formula is C22H40N6O. The number of aryl methyl sites for hydroxylation is 1. The summed E-state index contributed by atoms with van der Waals surface area (Å²) >= 11 is 0. The number of morpholine rings is 1. The van der Waals surface area contributed by atoms with E-state index in [0.29, 0.717) is 18.6 Å². The highest BCUT2D eigenvalue weighted by Gasteiger charge is 2.27. The molecule has 2 aliphatic rings. The van der Waals surface area contributed by atoms with Crippen molar-refractivity contribution in [1.29, 1.82) is 0 Å². The van der Waals surface area contributed by atoms with E-state index in [1.807, 2.05) is 24.1 Å². The second-order valence-corrected chi connectivity index (χ2v) is 8.71. The standard InChI is InChI=1S/C22H40N6O/c1-5-23-22(24-15-20(18(2)3)27-10-8-6-7-9-11-27)28-12-13-29-21(17-28)19-14-25-26(4)16-19/h14,16,18,20-21H,5-13,15,17H2,1-4H3,(H,23,24). The topological polar surface area (TPSA) is 57.9 Å². The number of nitrogens with one attached hydrogen (secondary N) is 1. The number of hydrogen-bond acceptors (Lipinski definition) is 4. The number of likely N-dealkylation sites (tertiary alicyclic amines) is 1. The minimum atomic E-state index is 0.0489. The molecule has 0 aromatic carbocycles. The Morgan fingerprint density at radius 3 is 2.62 bits per heavy atom.